The second kappa shape index (κ2) is 10.0. The maximum Gasteiger partial charge on any atom is 0.235 e. The average molecular weight is 464 g/mol. The summed E-state index contributed by atoms with van der Waals surface area (Å²) in [5.41, 5.74) is 1.74. The number of aromatic nitrogens is 1. The Kier molecular flexibility index (Phi) is 7.61. The predicted molar refractivity (Wildman–Crippen MR) is 124 cm³/mol. The van der Waals surface area contributed by atoms with Gasteiger partial charge in [0.15, 0.2) is 0 Å². The van der Waals surface area contributed by atoms with Gasteiger partial charge in [-0.05, 0) is 57.7 Å². The molecule has 8 nitrogen and oxygen atoms in total. The highest BCUT2D eigenvalue weighted by Crippen LogP contribution is 2.27. The van der Waals surface area contributed by atoms with Crippen LogP contribution in [0.2, 0.25) is 0 Å². The fraction of sp³-hybridized carbons (Fsp3) is 0.565. The molecule has 32 heavy (non-hydrogen) atoms. The van der Waals surface area contributed by atoms with Gasteiger partial charge in [0.25, 0.3) is 0 Å². The van der Waals surface area contributed by atoms with Crippen LogP contribution in [0, 0.1) is 18.8 Å². The Hall–Kier alpha value is -2.39. The maximum atomic E-state index is 12.7. The predicted octanol–water partition coefficient (Wildman–Crippen LogP) is 3.87. The van der Waals surface area contributed by atoms with E-state index in [0.29, 0.717) is 41.1 Å². The molecule has 1 aliphatic heterocycles. The summed E-state index contributed by atoms with van der Waals surface area (Å²) in [4.78, 5) is 17.2. The van der Waals surface area contributed by atoms with Crippen molar-refractivity contribution in [2.45, 2.75) is 65.4 Å². The number of sulfonamides is 1. The van der Waals surface area contributed by atoms with Crippen LogP contribution in [0.4, 0.5) is 5.69 Å². The highest BCUT2D eigenvalue weighted by atomic mass is 32.2. The van der Waals surface area contributed by atoms with Gasteiger partial charge in [0.1, 0.15) is 11.5 Å². The van der Waals surface area contributed by atoms with Crippen molar-refractivity contribution in [3.8, 4) is 11.5 Å². The molecule has 0 aliphatic carbocycles. The summed E-state index contributed by atoms with van der Waals surface area (Å²) in [5.74, 6) is 1.32. The number of carbonyl (C=O) groups is 1. The Morgan fingerprint density at radius 3 is 2.69 bits per heavy atom. The topological polar surface area (TPSA) is 111 Å². The number of ether oxygens (including phenoxy) is 1. The van der Waals surface area contributed by atoms with Crippen LogP contribution in [0.25, 0.3) is 11.5 Å². The number of rotatable bonds is 8. The summed E-state index contributed by atoms with van der Waals surface area (Å²) in [6.07, 6.45) is 1.56. The number of nitrogens with one attached hydrogen (secondary N) is 2. The van der Waals surface area contributed by atoms with Gasteiger partial charge >= 0.3 is 0 Å². The van der Waals surface area contributed by atoms with Crippen LogP contribution in [0.1, 0.15) is 52.0 Å². The van der Waals surface area contributed by atoms with Crippen LogP contribution in [0.15, 0.2) is 28.7 Å². The molecular formula is C23H33N3O5S. The quantitative estimate of drug-likeness (QED) is 0.615. The van der Waals surface area contributed by atoms with Crippen molar-refractivity contribution < 1.29 is 22.4 Å². The molecule has 0 radical (unpaired) electrons. The zero-order valence-electron chi connectivity index (χ0n) is 19.3. The molecule has 2 aromatic rings. The Labute approximate surface area is 190 Å². The Morgan fingerprint density at radius 2 is 2.00 bits per heavy atom. The number of hydrogen-bond donors (Lipinski definition) is 2. The van der Waals surface area contributed by atoms with E-state index in [2.05, 4.69) is 28.9 Å². The molecule has 176 valence electrons. The van der Waals surface area contributed by atoms with E-state index in [4.69, 9.17) is 9.15 Å². The van der Waals surface area contributed by atoms with Crippen molar-refractivity contribution in [1.82, 2.24) is 10.3 Å². The molecule has 2 unspecified atom stereocenters. The number of nitrogens with zero attached hydrogens (tertiary/aromatic N) is 1. The third kappa shape index (κ3) is 5.89. The standard InChI is InChI=1S/C23H33N3O5S/c1-14(2)21-12-17(9-10-30-21)22(27)24-13-20-16(5)31-23(25-20)18-7-6-8-19(11-18)26-32(28,29)15(3)4/h6-8,11,14-15,17,21,26H,9-10,12-13H2,1-5H3,(H,24,27). The lowest BCUT2D eigenvalue weighted by Gasteiger charge is -2.31. The molecule has 2 N–H and O–H groups in total. The van der Waals surface area contributed by atoms with Crippen LogP contribution in [0.5, 0.6) is 0 Å². The van der Waals surface area contributed by atoms with Crippen LogP contribution in [0.3, 0.4) is 0 Å². The second-order valence-corrected chi connectivity index (χ2v) is 11.1. The molecule has 0 bridgehead atoms. The van der Waals surface area contributed by atoms with Gasteiger partial charge in [0.2, 0.25) is 21.8 Å². The first-order valence-corrected chi connectivity index (χ1v) is 12.6. The second-order valence-electron chi connectivity index (χ2n) is 8.89. The van der Waals surface area contributed by atoms with Gasteiger partial charge in [-0.15, -0.1) is 0 Å². The molecule has 1 aromatic carbocycles. The largest absolute Gasteiger partial charge is 0.441 e. The van der Waals surface area contributed by atoms with Crippen LogP contribution in [-0.4, -0.2) is 37.3 Å². The molecule has 2 heterocycles. The van der Waals surface area contributed by atoms with Gasteiger partial charge in [-0.25, -0.2) is 13.4 Å². The molecule has 9 heteroatoms. The first-order chi connectivity index (χ1) is 15.1. The lowest BCUT2D eigenvalue weighted by Crippen LogP contribution is -2.38. The van der Waals surface area contributed by atoms with Gasteiger partial charge in [-0.3, -0.25) is 9.52 Å². The van der Waals surface area contributed by atoms with Crippen molar-refractivity contribution >= 4 is 21.6 Å². The molecule has 1 amide bonds. The minimum absolute atomic E-state index is 0.00740. The van der Waals surface area contributed by atoms with E-state index < -0.39 is 15.3 Å². The van der Waals surface area contributed by atoms with Crippen LogP contribution >= 0.6 is 0 Å². The van der Waals surface area contributed by atoms with E-state index in [9.17, 15) is 13.2 Å². The van der Waals surface area contributed by atoms with Gasteiger partial charge < -0.3 is 14.5 Å². The maximum absolute atomic E-state index is 12.7. The number of hydrogen-bond acceptors (Lipinski definition) is 6. The van der Waals surface area contributed by atoms with Gasteiger partial charge in [-0.2, -0.15) is 0 Å². The van der Waals surface area contributed by atoms with E-state index >= 15 is 0 Å². The zero-order chi connectivity index (χ0) is 23.5. The fourth-order valence-electron chi connectivity index (χ4n) is 3.56. The van der Waals surface area contributed by atoms with Gasteiger partial charge in [0.05, 0.1) is 17.9 Å². The fourth-order valence-corrected chi connectivity index (χ4v) is 4.25. The summed E-state index contributed by atoms with van der Waals surface area (Å²) < 4.78 is 38.4. The van der Waals surface area contributed by atoms with E-state index in [1.807, 2.05) is 0 Å². The lowest BCUT2D eigenvalue weighted by molar-refractivity contribution is -0.131. The van der Waals surface area contributed by atoms with Gasteiger partial charge in [0, 0.05) is 23.8 Å². The molecule has 0 spiro atoms. The Morgan fingerprint density at radius 1 is 1.25 bits per heavy atom. The van der Waals surface area contributed by atoms with E-state index in [1.54, 1.807) is 45.0 Å². The minimum atomic E-state index is -3.45. The first-order valence-electron chi connectivity index (χ1n) is 11.0. The normalized spacial score (nSPS) is 19.3. The minimum Gasteiger partial charge on any atom is -0.441 e. The number of amides is 1. The van der Waals surface area contributed by atoms with Crippen molar-refractivity contribution in [3.63, 3.8) is 0 Å². The SMILES string of the molecule is Cc1oc(-c2cccc(NS(=O)(=O)C(C)C)c2)nc1CNC(=O)C1CCOC(C(C)C)C1. The highest BCUT2D eigenvalue weighted by Gasteiger charge is 2.29. The third-order valence-corrected chi connectivity index (χ3v) is 7.50. The summed E-state index contributed by atoms with van der Waals surface area (Å²) in [6.45, 7) is 10.1. The molecule has 1 fully saturated rings. The van der Waals surface area contributed by atoms with Crippen LogP contribution in [-0.2, 0) is 26.1 Å². The first kappa shape index (κ1) is 24.3. The van der Waals surface area contributed by atoms with Crippen molar-refractivity contribution in [2.75, 3.05) is 11.3 Å². The van der Waals surface area contributed by atoms with Crippen molar-refractivity contribution in [1.29, 1.82) is 0 Å². The van der Waals surface area contributed by atoms with E-state index in [-0.39, 0.29) is 24.5 Å². The summed E-state index contributed by atoms with van der Waals surface area (Å²) in [5, 5.41) is 2.44. The Bertz CT molecular complexity index is 1050. The van der Waals surface area contributed by atoms with Crippen molar-refractivity contribution in [2.24, 2.45) is 11.8 Å². The summed E-state index contributed by atoms with van der Waals surface area (Å²) in [6, 6.07) is 6.90. The zero-order valence-corrected chi connectivity index (χ0v) is 20.2. The van der Waals surface area contributed by atoms with Gasteiger partial charge in [-0.1, -0.05) is 19.9 Å². The molecule has 3 rings (SSSR count). The molecule has 0 saturated carbocycles. The van der Waals surface area contributed by atoms with E-state index in [1.165, 1.54) is 0 Å². The van der Waals surface area contributed by atoms with Crippen LogP contribution < -0.4 is 10.0 Å². The third-order valence-electron chi connectivity index (χ3n) is 5.74. The lowest BCUT2D eigenvalue weighted by atomic mass is 9.89. The number of carbonyl (C=O) groups excluding carboxylic acids is 1. The molecule has 1 aliphatic rings. The molecule has 1 aromatic heterocycles. The van der Waals surface area contributed by atoms with Crippen molar-refractivity contribution in [3.05, 3.63) is 35.7 Å². The molecular weight excluding hydrogens is 430 g/mol. The number of anilines is 1. The van der Waals surface area contributed by atoms with E-state index in [0.717, 1.165) is 12.8 Å². The molecule has 1 saturated heterocycles. The Balaban J connectivity index is 1.66. The average Bonchev–Trinajstić information content (AvgIpc) is 3.12. The number of aryl methyl sites for hydroxylation is 1. The summed E-state index contributed by atoms with van der Waals surface area (Å²) >= 11 is 0. The number of benzene rings is 1. The summed E-state index contributed by atoms with van der Waals surface area (Å²) in [7, 11) is -3.45. The molecule has 2 atom stereocenters. The smallest absolute Gasteiger partial charge is 0.235 e. The monoisotopic (exact) mass is 463 g/mol. The number of oxazole rings is 1. The highest BCUT2D eigenvalue weighted by molar-refractivity contribution is 7.93.